The summed E-state index contributed by atoms with van der Waals surface area (Å²) in [5.74, 6) is -0.164. The van der Waals surface area contributed by atoms with Gasteiger partial charge >= 0.3 is 0 Å². The molecule has 5 nitrogen and oxygen atoms in total. The second kappa shape index (κ2) is 7.24. The predicted octanol–water partition coefficient (Wildman–Crippen LogP) is 3.50. The highest BCUT2D eigenvalue weighted by Gasteiger charge is 2.43. The Morgan fingerprint density at radius 3 is 2.46 bits per heavy atom. The lowest BCUT2D eigenvalue weighted by Gasteiger charge is -2.39. The van der Waals surface area contributed by atoms with E-state index in [1.165, 1.54) is 22.1 Å². The number of rotatable bonds is 3. The summed E-state index contributed by atoms with van der Waals surface area (Å²) in [6.07, 6.45) is 2.89. The standard InChI is InChI=1S/C23H24N2O3/c1-3-21(26)24(2)19-10-8-17(9-11-19)22(27)25-14-12-23(13-15-25)20-7-5-4-6-18(20)16-28-23/h3-11H,1,12-16H2,2H3. The van der Waals surface area contributed by atoms with Gasteiger partial charge in [0, 0.05) is 31.4 Å². The van der Waals surface area contributed by atoms with Crippen LogP contribution in [-0.4, -0.2) is 36.9 Å². The monoisotopic (exact) mass is 376 g/mol. The maximum absolute atomic E-state index is 12.9. The summed E-state index contributed by atoms with van der Waals surface area (Å²) in [5.41, 5.74) is 3.66. The third-order valence-electron chi connectivity index (χ3n) is 5.88. The number of hydrogen-bond acceptors (Lipinski definition) is 3. The lowest BCUT2D eigenvalue weighted by atomic mass is 9.83. The SMILES string of the molecule is C=CC(=O)N(C)c1ccc(C(=O)N2CCC3(CC2)OCc2ccccc23)cc1. The number of likely N-dealkylation sites (N-methyl/N-ethyl adjacent to an activating group) is 1. The van der Waals surface area contributed by atoms with Crippen molar-refractivity contribution in [3.63, 3.8) is 0 Å². The first-order valence-electron chi connectivity index (χ1n) is 9.56. The Balaban J connectivity index is 1.43. The predicted molar refractivity (Wildman–Crippen MR) is 108 cm³/mol. The van der Waals surface area contributed by atoms with Crippen molar-refractivity contribution in [3.8, 4) is 0 Å². The molecule has 2 aromatic rings. The minimum absolute atomic E-state index is 0.0189. The maximum atomic E-state index is 12.9. The molecular formula is C23H24N2O3. The second-order valence-corrected chi connectivity index (χ2v) is 7.38. The van der Waals surface area contributed by atoms with Crippen LogP contribution < -0.4 is 4.90 Å². The minimum atomic E-state index is -0.245. The van der Waals surface area contributed by atoms with Gasteiger partial charge in [0.15, 0.2) is 0 Å². The van der Waals surface area contributed by atoms with E-state index in [2.05, 4.69) is 24.8 Å². The number of hydrogen-bond donors (Lipinski definition) is 0. The zero-order valence-electron chi connectivity index (χ0n) is 16.1. The summed E-state index contributed by atoms with van der Waals surface area (Å²) >= 11 is 0. The van der Waals surface area contributed by atoms with Gasteiger partial charge in [-0.2, -0.15) is 0 Å². The zero-order valence-corrected chi connectivity index (χ0v) is 16.1. The number of nitrogens with zero attached hydrogens (tertiary/aromatic N) is 2. The Hall–Kier alpha value is -2.92. The van der Waals surface area contributed by atoms with E-state index in [9.17, 15) is 9.59 Å². The molecule has 0 aliphatic carbocycles. The van der Waals surface area contributed by atoms with Crippen molar-refractivity contribution in [2.75, 3.05) is 25.0 Å². The van der Waals surface area contributed by atoms with Crippen LogP contribution in [0.5, 0.6) is 0 Å². The Labute approximate surface area is 165 Å². The van der Waals surface area contributed by atoms with Gasteiger partial charge in [-0.05, 0) is 54.3 Å². The Kier molecular flexibility index (Phi) is 4.77. The molecule has 2 amide bonds. The van der Waals surface area contributed by atoms with E-state index < -0.39 is 0 Å². The first-order chi connectivity index (χ1) is 13.5. The van der Waals surface area contributed by atoms with Gasteiger partial charge in [0.1, 0.15) is 0 Å². The molecule has 0 saturated carbocycles. The quantitative estimate of drug-likeness (QED) is 0.771. The molecule has 1 fully saturated rings. The largest absolute Gasteiger partial charge is 0.365 e. The van der Waals surface area contributed by atoms with Crippen LogP contribution in [0.15, 0.2) is 61.2 Å². The highest BCUT2D eigenvalue weighted by Crippen LogP contribution is 2.44. The first kappa shape index (κ1) is 18.4. The van der Waals surface area contributed by atoms with Crippen molar-refractivity contribution in [2.24, 2.45) is 0 Å². The van der Waals surface area contributed by atoms with E-state index in [0.717, 1.165) is 18.5 Å². The van der Waals surface area contributed by atoms with E-state index in [1.54, 1.807) is 31.3 Å². The Bertz CT molecular complexity index is 912. The molecule has 0 unspecified atom stereocenters. The van der Waals surface area contributed by atoms with Crippen molar-refractivity contribution < 1.29 is 14.3 Å². The molecule has 0 aromatic heterocycles. The molecule has 1 saturated heterocycles. The number of benzene rings is 2. The van der Waals surface area contributed by atoms with Gasteiger partial charge in [0.05, 0.1) is 12.2 Å². The summed E-state index contributed by atoms with van der Waals surface area (Å²) in [6, 6.07) is 15.5. The first-order valence-corrected chi connectivity index (χ1v) is 9.56. The number of anilines is 1. The summed E-state index contributed by atoms with van der Waals surface area (Å²) in [6.45, 7) is 5.49. The van der Waals surface area contributed by atoms with Gasteiger partial charge in [-0.3, -0.25) is 9.59 Å². The van der Waals surface area contributed by atoms with E-state index >= 15 is 0 Å². The highest BCUT2D eigenvalue weighted by atomic mass is 16.5. The van der Waals surface area contributed by atoms with Gasteiger partial charge in [-0.15, -0.1) is 0 Å². The number of amides is 2. The van der Waals surface area contributed by atoms with Crippen molar-refractivity contribution in [1.29, 1.82) is 0 Å². The maximum Gasteiger partial charge on any atom is 0.253 e. The van der Waals surface area contributed by atoms with E-state index in [-0.39, 0.29) is 17.4 Å². The molecule has 0 radical (unpaired) electrons. The third-order valence-corrected chi connectivity index (χ3v) is 5.88. The van der Waals surface area contributed by atoms with Crippen LogP contribution in [0.3, 0.4) is 0 Å². The third kappa shape index (κ3) is 3.12. The van der Waals surface area contributed by atoms with Gasteiger partial charge in [0.25, 0.3) is 5.91 Å². The van der Waals surface area contributed by atoms with Crippen LogP contribution in [0, 0.1) is 0 Å². The summed E-state index contributed by atoms with van der Waals surface area (Å²) in [4.78, 5) is 28.0. The van der Waals surface area contributed by atoms with Gasteiger partial charge in [-0.25, -0.2) is 0 Å². The Morgan fingerprint density at radius 1 is 1.11 bits per heavy atom. The highest BCUT2D eigenvalue weighted by molar-refractivity contribution is 6.01. The van der Waals surface area contributed by atoms with E-state index in [0.29, 0.717) is 25.3 Å². The van der Waals surface area contributed by atoms with Crippen molar-refractivity contribution >= 4 is 17.5 Å². The summed E-state index contributed by atoms with van der Waals surface area (Å²) in [7, 11) is 1.68. The molecule has 5 heteroatoms. The van der Waals surface area contributed by atoms with Gasteiger partial charge < -0.3 is 14.5 Å². The van der Waals surface area contributed by atoms with Crippen LogP contribution >= 0.6 is 0 Å². The molecule has 2 heterocycles. The molecule has 144 valence electrons. The fourth-order valence-corrected chi connectivity index (χ4v) is 4.14. The molecule has 4 rings (SSSR count). The van der Waals surface area contributed by atoms with Crippen LogP contribution in [0.1, 0.15) is 34.3 Å². The lowest BCUT2D eigenvalue weighted by molar-refractivity contribution is -0.113. The molecule has 2 aliphatic heterocycles. The van der Waals surface area contributed by atoms with Crippen LogP contribution in [0.4, 0.5) is 5.69 Å². The zero-order chi connectivity index (χ0) is 19.7. The molecule has 0 bridgehead atoms. The van der Waals surface area contributed by atoms with Crippen LogP contribution in [-0.2, 0) is 21.7 Å². The smallest absolute Gasteiger partial charge is 0.253 e. The van der Waals surface area contributed by atoms with Gasteiger partial charge in [-0.1, -0.05) is 30.8 Å². The number of likely N-dealkylation sites (tertiary alicyclic amines) is 1. The average molecular weight is 376 g/mol. The van der Waals surface area contributed by atoms with Crippen molar-refractivity contribution in [3.05, 3.63) is 77.9 Å². The number of piperidine rings is 1. The molecule has 2 aromatic carbocycles. The molecule has 28 heavy (non-hydrogen) atoms. The molecule has 2 aliphatic rings. The van der Waals surface area contributed by atoms with Crippen LogP contribution in [0.2, 0.25) is 0 Å². The molecule has 0 N–H and O–H groups in total. The number of carbonyl (C=O) groups is 2. The minimum Gasteiger partial charge on any atom is -0.365 e. The molecule has 1 spiro atoms. The summed E-state index contributed by atoms with van der Waals surface area (Å²) in [5, 5.41) is 0. The molecule has 0 atom stereocenters. The van der Waals surface area contributed by atoms with Gasteiger partial charge in [0.2, 0.25) is 5.91 Å². The van der Waals surface area contributed by atoms with E-state index in [1.807, 2.05) is 11.0 Å². The average Bonchev–Trinajstić information content (AvgIpc) is 3.11. The Morgan fingerprint density at radius 2 is 1.79 bits per heavy atom. The fraction of sp³-hybridized carbons (Fsp3) is 0.304. The number of ether oxygens (including phenoxy) is 1. The number of fused-ring (bicyclic) bond motifs is 2. The number of carbonyl (C=O) groups excluding carboxylic acids is 2. The normalized spacial score (nSPS) is 17.2. The van der Waals surface area contributed by atoms with Crippen molar-refractivity contribution in [2.45, 2.75) is 25.0 Å². The second-order valence-electron chi connectivity index (χ2n) is 7.38. The molecular weight excluding hydrogens is 352 g/mol. The lowest BCUT2D eigenvalue weighted by Crippen LogP contribution is -2.45. The fourth-order valence-electron chi connectivity index (χ4n) is 4.14. The topological polar surface area (TPSA) is 49.9 Å². The van der Waals surface area contributed by atoms with Crippen LogP contribution in [0.25, 0.3) is 0 Å². The summed E-state index contributed by atoms with van der Waals surface area (Å²) < 4.78 is 6.18. The van der Waals surface area contributed by atoms with Crippen molar-refractivity contribution in [1.82, 2.24) is 4.90 Å². The van der Waals surface area contributed by atoms with E-state index in [4.69, 9.17) is 4.74 Å².